The molecule has 0 saturated heterocycles. The minimum absolute atomic E-state index is 0.0550. The van der Waals surface area contributed by atoms with Crippen molar-refractivity contribution in [3.8, 4) is 0 Å². The van der Waals surface area contributed by atoms with Crippen molar-refractivity contribution in [2.24, 2.45) is 0 Å². The molecule has 0 atom stereocenters. The highest BCUT2D eigenvalue weighted by Crippen LogP contribution is 2.36. The maximum absolute atomic E-state index is 9.74. The standard InChI is InChI=1S/C28H35NO2/c1-3-5-7-22-9-13-26(14-10-22)29(27-15-11-23(12-16-27)8-6-4-2)28-18-24(20-30)17-25(19-28)21-31/h9-19,30-31H,3-8,20-21H2,1-2H3. The number of anilines is 3. The van der Waals surface area contributed by atoms with E-state index < -0.39 is 0 Å². The Kier molecular flexibility index (Phi) is 8.69. The molecule has 0 aliphatic carbocycles. The predicted molar refractivity (Wildman–Crippen MR) is 130 cm³/mol. The first-order chi connectivity index (χ1) is 15.2. The maximum Gasteiger partial charge on any atom is 0.0682 e. The van der Waals surface area contributed by atoms with Gasteiger partial charge in [-0.15, -0.1) is 0 Å². The number of benzene rings is 3. The summed E-state index contributed by atoms with van der Waals surface area (Å²) in [5, 5.41) is 19.5. The highest BCUT2D eigenvalue weighted by atomic mass is 16.3. The second-order valence-corrected chi connectivity index (χ2v) is 8.20. The normalized spacial score (nSPS) is 11.0. The van der Waals surface area contributed by atoms with Gasteiger partial charge in [-0.1, -0.05) is 57.0 Å². The Hall–Kier alpha value is -2.62. The zero-order chi connectivity index (χ0) is 22.1. The first-order valence-corrected chi connectivity index (χ1v) is 11.5. The number of unbranched alkanes of at least 4 members (excludes halogenated alkanes) is 2. The van der Waals surface area contributed by atoms with E-state index in [9.17, 15) is 10.2 Å². The van der Waals surface area contributed by atoms with Crippen LogP contribution >= 0.6 is 0 Å². The van der Waals surface area contributed by atoms with Crippen molar-refractivity contribution in [2.75, 3.05) is 4.90 Å². The Morgan fingerprint density at radius 3 is 1.32 bits per heavy atom. The van der Waals surface area contributed by atoms with Crippen LogP contribution in [0.25, 0.3) is 0 Å². The van der Waals surface area contributed by atoms with Crippen molar-refractivity contribution in [2.45, 2.75) is 65.6 Å². The van der Waals surface area contributed by atoms with Gasteiger partial charge in [0.1, 0.15) is 0 Å². The Balaban J connectivity index is 2.02. The molecule has 3 aromatic carbocycles. The third kappa shape index (κ3) is 6.19. The monoisotopic (exact) mass is 417 g/mol. The van der Waals surface area contributed by atoms with Gasteiger partial charge in [0.2, 0.25) is 0 Å². The highest BCUT2D eigenvalue weighted by molar-refractivity contribution is 5.77. The van der Waals surface area contributed by atoms with Crippen LogP contribution in [0.1, 0.15) is 61.8 Å². The lowest BCUT2D eigenvalue weighted by molar-refractivity contribution is 0.275. The first-order valence-electron chi connectivity index (χ1n) is 11.5. The van der Waals surface area contributed by atoms with E-state index in [0.717, 1.165) is 41.0 Å². The maximum atomic E-state index is 9.74. The lowest BCUT2D eigenvalue weighted by atomic mass is 10.0. The van der Waals surface area contributed by atoms with Crippen molar-refractivity contribution in [1.82, 2.24) is 0 Å². The summed E-state index contributed by atoms with van der Waals surface area (Å²) in [4.78, 5) is 2.20. The molecule has 3 rings (SSSR count). The molecule has 0 amide bonds. The zero-order valence-electron chi connectivity index (χ0n) is 18.8. The van der Waals surface area contributed by atoms with Crippen LogP contribution in [0.5, 0.6) is 0 Å². The molecule has 0 aliphatic rings. The summed E-state index contributed by atoms with van der Waals surface area (Å²) in [5.41, 5.74) is 7.37. The molecule has 0 aliphatic heterocycles. The summed E-state index contributed by atoms with van der Waals surface area (Å²) in [5.74, 6) is 0. The molecule has 0 spiro atoms. The van der Waals surface area contributed by atoms with Crippen molar-refractivity contribution in [3.63, 3.8) is 0 Å². The van der Waals surface area contributed by atoms with Crippen LogP contribution in [0.15, 0.2) is 66.7 Å². The Bertz CT molecular complexity index is 858. The summed E-state index contributed by atoms with van der Waals surface area (Å²) in [6, 6.07) is 23.3. The molecule has 3 heteroatoms. The van der Waals surface area contributed by atoms with Gasteiger partial charge in [-0.2, -0.15) is 0 Å². The molecule has 0 aromatic heterocycles. The summed E-state index contributed by atoms with van der Waals surface area (Å²) in [6.07, 6.45) is 6.96. The molecule has 31 heavy (non-hydrogen) atoms. The van der Waals surface area contributed by atoms with Gasteiger partial charge in [-0.05, 0) is 84.3 Å². The van der Waals surface area contributed by atoms with Crippen LogP contribution in [0.3, 0.4) is 0 Å². The third-order valence-corrected chi connectivity index (χ3v) is 5.69. The Morgan fingerprint density at radius 1 is 0.548 bits per heavy atom. The Labute approximate surface area is 187 Å². The second kappa shape index (κ2) is 11.7. The van der Waals surface area contributed by atoms with E-state index in [1.54, 1.807) is 0 Å². The minimum atomic E-state index is -0.0550. The molecular formula is C28H35NO2. The van der Waals surface area contributed by atoms with Gasteiger partial charge in [0, 0.05) is 17.1 Å². The molecular weight excluding hydrogens is 382 g/mol. The number of hydrogen-bond donors (Lipinski definition) is 2. The van der Waals surface area contributed by atoms with Gasteiger partial charge in [-0.3, -0.25) is 0 Å². The summed E-state index contributed by atoms with van der Waals surface area (Å²) < 4.78 is 0. The van der Waals surface area contributed by atoms with E-state index in [4.69, 9.17) is 0 Å². The fourth-order valence-corrected chi connectivity index (χ4v) is 3.89. The number of nitrogens with zero attached hydrogens (tertiary/aromatic N) is 1. The SMILES string of the molecule is CCCCc1ccc(N(c2ccc(CCCC)cc2)c2cc(CO)cc(CO)c2)cc1. The van der Waals surface area contributed by atoms with Crippen molar-refractivity contribution < 1.29 is 10.2 Å². The predicted octanol–water partition coefficient (Wildman–Crippen LogP) is 6.83. The van der Waals surface area contributed by atoms with Crippen LogP contribution in [-0.4, -0.2) is 10.2 Å². The van der Waals surface area contributed by atoms with Crippen molar-refractivity contribution in [3.05, 3.63) is 89.0 Å². The van der Waals surface area contributed by atoms with Gasteiger partial charge in [0.15, 0.2) is 0 Å². The number of hydrogen-bond acceptors (Lipinski definition) is 3. The molecule has 0 fully saturated rings. The number of aliphatic hydroxyl groups excluding tert-OH is 2. The quantitative estimate of drug-likeness (QED) is 0.359. The van der Waals surface area contributed by atoms with E-state index >= 15 is 0 Å². The van der Waals surface area contributed by atoms with Crippen LogP contribution < -0.4 is 4.90 Å². The topological polar surface area (TPSA) is 43.7 Å². The second-order valence-electron chi connectivity index (χ2n) is 8.20. The van der Waals surface area contributed by atoms with Gasteiger partial charge in [0.05, 0.1) is 13.2 Å². The number of aryl methyl sites for hydroxylation is 2. The molecule has 3 nitrogen and oxygen atoms in total. The van der Waals surface area contributed by atoms with Crippen molar-refractivity contribution >= 4 is 17.1 Å². The van der Waals surface area contributed by atoms with E-state index in [1.165, 1.54) is 36.8 Å². The number of aliphatic hydroxyl groups is 2. The van der Waals surface area contributed by atoms with Gasteiger partial charge >= 0.3 is 0 Å². The van der Waals surface area contributed by atoms with Gasteiger partial charge < -0.3 is 15.1 Å². The zero-order valence-corrected chi connectivity index (χ0v) is 18.8. The average Bonchev–Trinajstić information content (AvgIpc) is 2.83. The minimum Gasteiger partial charge on any atom is -0.392 e. The third-order valence-electron chi connectivity index (χ3n) is 5.69. The Morgan fingerprint density at radius 2 is 0.968 bits per heavy atom. The summed E-state index contributed by atoms with van der Waals surface area (Å²) in [6.45, 7) is 4.32. The lowest BCUT2D eigenvalue weighted by Gasteiger charge is -2.27. The van der Waals surface area contributed by atoms with Gasteiger partial charge in [0.25, 0.3) is 0 Å². The smallest absolute Gasteiger partial charge is 0.0682 e. The molecule has 2 N–H and O–H groups in total. The van der Waals surface area contributed by atoms with Crippen LogP contribution in [0, 0.1) is 0 Å². The fraction of sp³-hybridized carbons (Fsp3) is 0.357. The van der Waals surface area contributed by atoms with E-state index in [0.29, 0.717) is 0 Å². The van der Waals surface area contributed by atoms with E-state index in [2.05, 4.69) is 67.3 Å². The van der Waals surface area contributed by atoms with Gasteiger partial charge in [-0.25, -0.2) is 0 Å². The van der Waals surface area contributed by atoms with Crippen LogP contribution in [0.4, 0.5) is 17.1 Å². The molecule has 0 bridgehead atoms. The first kappa shape index (κ1) is 23.1. The van der Waals surface area contributed by atoms with E-state index in [-0.39, 0.29) is 13.2 Å². The van der Waals surface area contributed by atoms with Crippen molar-refractivity contribution in [1.29, 1.82) is 0 Å². The molecule has 0 radical (unpaired) electrons. The highest BCUT2D eigenvalue weighted by Gasteiger charge is 2.14. The van der Waals surface area contributed by atoms with Crippen LogP contribution in [-0.2, 0) is 26.1 Å². The molecule has 0 unspecified atom stereocenters. The largest absolute Gasteiger partial charge is 0.392 e. The summed E-state index contributed by atoms with van der Waals surface area (Å²) in [7, 11) is 0. The average molecular weight is 418 g/mol. The number of rotatable bonds is 11. The lowest BCUT2D eigenvalue weighted by Crippen LogP contribution is -2.11. The molecule has 164 valence electrons. The molecule has 3 aromatic rings. The molecule has 0 heterocycles. The molecule has 0 saturated carbocycles. The van der Waals surface area contributed by atoms with Crippen LogP contribution in [0.2, 0.25) is 0 Å². The fourth-order valence-electron chi connectivity index (χ4n) is 3.89. The van der Waals surface area contributed by atoms with E-state index in [1.807, 2.05) is 18.2 Å². The summed E-state index contributed by atoms with van der Waals surface area (Å²) >= 11 is 0.